The third-order valence-corrected chi connectivity index (χ3v) is 7.21. The van der Waals surface area contributed by atoms with Crippen LogP contribution in [-0.4, -0.2) is 32.1 Å². The summed E-state index contributed by atoms with van der Waals surface area (Å²) < 4.78 is 0. The van der Waals surface area contributed by atoms with Gasteiger partial charge < -0.3 is 5.32 Å². The molecule has 33 heavy (non-hydrogen) atoms. The molecule has 4 rings (SSSR count). The van der Waals surface area contributed by atoms with Crippen LogP contribution in [0.15, 0.2) is 59.0 Å². The molecule has 1 atom stereocenters. The number of rotatable bonds is 6. The zero-order valence-electron chi connectivity index (χ0n) is 17.6. The van der Waals surface area contributed by atoms with E-state index in [-0.39, 0.29) is 18.2 Å². The Balaban J connectivity index is 1.57. The number of nitrogens with one attached hydrogen (secondary N) is 1. The van der Waals surface area contributed by atoms with Crippen LogP contribution in [0.4, 0.5) is 11.4 Å². The van der Waals surface area contributed by atoms with Crippen molar-refractivity contribution in [1.29, 1.82) is 0 Å². The predicted molar refractivity (Wildman–Crippen MR) is 135 cm³/mol. The van der Waals surface area contributed by atoms with Crippen molar-refractivity contribution in [2.45, 2.75) is 25.1 Å². The number of aromatic nitrogens is 1. The van der Waals surface area contributed by atoms with Crippen LogP contribution in [0.3, 0.4) is 0 Å². The number of thiazole rings is 1. The van der Waals surface area contributed by atoms with Crippen LogP contribution in [0.25, 0.3) is 0 Å². The number of amides is 2. The molecule has 1 aromatic heterocycles. The summed E-state index contributed by atoms with van der Waals surface area (Å²) in [6.07, 6.45) is 5.52. The second-order valence-corrected chi connectivity index (χ2v) is 9.79. The third-order valence-electron chi connectivity index (χ3n) is 4.88. The predicted octanol–water partition coefficient (Wildman–Crippen LogP) is 5.25. The van der Waals surface area contributed by atoms with Crippen LogP contribution in [0.2, 0.25) is 5.02 Å². The number of terminal acetylenes is 1. The summed E-state index contributed by atoms with van der Waals surface area (Å²) >= 11 is 8.75. The summed E-state index contributed by atoms with van der Waals surface area (Å²) in [5.74, 6) is 2.16. The van der Waals surface area contributed by atoms with E-state index in [4.69, 9.17) is 18.0 Å². The molecule has 2 aromatic carbocycles. The molecule has 0 spiro atoms. The topological polar surface area (TPSA) is 74.7 Å². The molecular weight excluding hydrogens is 476 g/mol. The summed E-state index contributed by atoms with van der Waals surface area (Å²) in [4.78, 5) is 37.5. The van der Waals surface area contributed by atoms with E-state index in [0.29, 0.717) is 33.7 Å². The first-order chi connectivity index (χ1) is 15.9. The molecule has 1 aliphatic rings. The van der Waals surface area contributed by atoms with Crippen molar-refractivity contribution in [2.24, 2.45) is 4.99 Å². The number of nitrogens with zero attached hydrogens (tertiary/aromatic N) is 3. The van der Waals surface area contributed by atoms with E-state index in [1.807, 2.05) is 25.1 Å². The van der Waals surface area contributed by atoms with Crippen molar-refractivity contribution in [3.63, 3.8) is 0 Å². The molecule has 0 radical (unpaired) electrons. The van der Waals surface area contributed by atoms with Gasteiger partial charge in [-0.15, -0.1) is 17.8 Å². The molecule has 1 aliphatic heterocycles. The average molecular weight is 495 g/mol. The van der Waals surface area contributed by atoms with E-state index in [1.165, 1.54) is 23.1 Å². The van der Waals surface area contributed by atoms with Gasteiger partial charge in [0.2, 0.25) is 11.8 Å². The van der Waals surface area contributed by atoms with E-state index >= 15 is 0 Å². The number of thioether (sulfide) groups is 1. The van der Waals surface area contributed by atoms with Gasteiger partial charge in [-0.2, -0.15) is 0 Å². The fraction of sp³-hybridized carbons (Fsp3) is 0.167. The quantitative estimate of drug-likeness (QED) is 0.475. The smallest absolute Gasteiger partial charge is 0.243 e. The molecule has 1 fully saturated rings. The number of carbonyl (C=O) groups excluding carboxylic acids is 2. The number of anilines is 1. The molecule has 1 N–H and O–H groups in total. The summed E-state index contributed by atoms with van der Waals surface area (Å²) in [5.41, 5.74) is 4.56. The zero-order valence-corrected chi connectivity index (χ0v) is 20.0. The molecule has 0 aliphatic carbocycles. The molecule has 1 unspecified atom stereocenters. The van der Waals surface area contributed by atoms with Gasteiger partial charge in [-0.3, -0.25) is 14.5 Å². The molecule has 6 nitrogen and oxygen atoms in total. The number of benzene rings is 2. The van der Waals surface area contributed by atoms with Crippen LogP contribution < -0.4 is 5.32 Å². The number of hydrogen-bond donors (Lipinski definition) is 1. The van der Waals surface area contributed by atoms with Crippen LogP contribution >= 0.6 is 34.7 Å². The minimum absolute atomic E-state index is 0.0115. The van der Waals surface area contributed by atoms with Gasteiger partial charge in [0.25, 0.3) is 0 Å². The van der Waals surface area contributed by atoms with Gasteiger partial charge in [0, 0.05) is 27.6 Å². The highest BCUT2D eigenvalue weighted by atomic mass is 35.5. The van der Waals surface area contributed by atoms with E-state index in [9.17, 15) is 9.59 Å². The van der Waals surface area contributed by atoms with Gasteiger partial charge in [-0.1, -0.05) is 41.4 Å². The van der Waals surface area contributed by atoms with Gasteiger partial charge in [0.1, 0.15) is 5.25 Å². The third kappa shape index (κ3) is 5.63. The normalized spacial score (nSPS) is 16.8. The molecule has 166 valence electrons. The lowest BCUT2D eigenvalue weighted by Crippen LogP contribution is -2.33. The van der Waals surface area contributed by atoms with Gasteiger partial charge in [0.15, 0.2) is 5.17 Å². The summed E-state index contributed by atoms with van der Waals surface area (Å²) in [5, 5.41) is 3.26. The van der Waals surface area contributed by atoms with Crippen molar-refractivity contribution in [1.82, 2.24) is 9.88 Å². The van der Waals surface area contributed by atoms with E-state index in [0.717, 1.165) is 10.6 Å². The second-order valence-electron chi connectivity index (χ2n) is 7.24. The van der Waals surface area contributed by atoms with Gasteiger partial charge in [0.05, 0.1) is 23.4 Å². The molecule has 1 saturated heterocycles. The number of carbonyl (C=O) groups is 2. The first-order valence-electron chi connectivity index (χ1n) is 10.0. The SMILES string of the molecule is C#Cc1cccc(N=C2SC(CC(=O)Nc3cccc(Cl)c3)C(=O)N2Cc2scnc2C)c1. The van der Waals surface area contributed by atoms with Crippen molar-refractivity contribution in [2.75, 3.05) is 5.32 Å². The molecule has 2 amide bonds. The molecule has 0 saturated carbocycles. The standard InChI is InChI=1S/C24H19ClN4O2S2/c1-3-16-6-4-8-18(10-16)28-24-29(13-21-15(2)26-14-32-21)23(31)20(33-24)12-22(30)27-19-9-5-7-17(25)11-19/h1,4-11,14,20H,12-13H2,2H3,(H,27,30). The van der Waals surface area contributed by atoms with Crippen LogP contribution in [0, 0.1) is 19.3 Å². The van der Waals surface area contributed by atoms with Crippen LogP contribution in [0.5, 0.6) is 0 Å². The number of aliphatic imine (C=N–C) groups is 1. The fourth-order valence-corrected chi connectivity index (χ4v) is 5.33. The highest BCUT2D eigenvalue weighted by Crippen LogP contribution is 2.34. The molecule has 2 heterocycles. The Morgan fingerprint density at radius 3 is 2.85 bits per heavy atom. The van der Waals surface area contributed by atoms with Gasteiger partial charge in [-0.25, -0.2) is 9.98 Å². The minimum atomic E-state index is -0.591. The lowest BCUT2D eigenvalue weighted by atomic mass is 10.2. The Labute approximate surface area is 205 Å². The van der Waals surface area contributed by atoms with E-state index in [2.05, 4.69) is 21.2 Å². The Morgan fingerprint density at radius 2 is 2.12 bits per heavy atom. The monoisotopic (exact) mass is 494 g/mol. The number of halogens is 1. The Kier molecular flexibility index (Phi) is 7.14. The fourth-order valence-electron chi connectivity index (χ4n) is 3.21. The van der Waals surface area contributed by atoms with Crippen LogP contribution in [0.1, 0.15) is 22.6 Å². The lowest BCUT2D eigenvalue weighted by Gasteiger charge is -2.16. The highest BCUT2D eigenvalue weighted by Gasteiger charge is 2.39. The average Bonchev–Trinajstić information content (AvgIpc) is 3.32. The van der Waals surface area contributed by atoms with Gasteiger partial charge >= 0.3 is 0 Å². The molecule has 3 aromatic rings. The first kappa shape index (κ1) is 23.1. The van der Waals surface area contributed by atoms with Crippen molar-refractivity contribution < 1.29 is 9.59 Å². The summed E-state index contributed by atoms with van der Waals surface area (Å²) in [6, 6.07) is 14.1. The highest BCUT2D eigenvalue weighted by molar-refractivity contribution is 8.15. The Hall–Kier alpha value is -3.12. The Bertz CT molecular complexity index is 1280. The number of aryl methyl sites for hydroxylation is 1. The summed E-state index contributed by atoms with van der Waals surface area (Å²) in [7, 11) is 0. The van der Waals surface area contributed by atoms with E-state index < -0.39 is 5.25 Å². The first-order valence-corrected chi connectivity index (χ1v) is 12.1. The maximum Gasteiger partial charge on any atom is 0.243 e. The van der Waals surface area contributed by atoms with E-state index in [1.54, 1.807) is 40.7 Å². The largest absolute Gasteiger partial charge is 0.326 e. The van der Waals surface area contributed by atoms with Crippen molar-refractivity contribution >= 4 is 63.1 Å². The summed E-state index contributed by atoms with van der Waals surface area (Å²) in [6.45, 7) is 2.26. The lowest BCUT2D eigenvalue weighted by molar-refractivity contribution is -0.128. The molecular formula is C24H19ClN4O2S2. The second kappa shape index (κ2) is 10.2. The number of amidine groups is 1. The van der Waals surface area contributed by atoms with Crippen molar-refractivity contribution in [3.05, 3.63) is 75.2 Å². The van der Waals surface area contributed by atoms with Gasteiger partial charge in [-0.05, 0) is 43.3 Å². The minimum Gasteiger partial charge on any atom is -0.326 e. The van der Waals surface area contributed by atoms with Crippen LogP contribution in [-0.2, 0) is 16.1 Å². The molecule has 0 bridgehead atoms. The molecule has 9 heteroatoms. The van der Waals surface area contributed by atoms with Crippen molar-refractivity contribution in [3.8, 4) is 12.3 Å². The Morgan fingerprint density at radius 1 is 1.30 bits per heavy atom. The maximum absolute atomic E-state index is 13.3. The zero-order chi connectivity index (χ0) is 23.4. The number of hydrogen-bond acceptors (Lipinski definition) is 6. The maximum atomic E-state index is 13.3.